The zero-order valence-corrected chi connectivity index (χ0v) is 14.2. The maximum absolute atomic E-state index is 6.10. The molecule has 1 aliphatic heterocycles. The minimum absolute atomic E-state index is 0.0808. The number of aliphatic imine (C=N–C) groups is 1. The van der Waals surface area contributed by atoms with Crippen LogP contribution < -0.4 is 10.1 Å². The number of nitrogens with zero attached hydrogens (tertiary/aromatic N) is 1. The fourth-order valence-corrected chi connectivity index (χ4v) is 1.92. The van der Waals surface area contributed by atoms with Crippen LogP contribution in [0.2, 0.25) is 5.02 Å². The number of amidine groups is 1. The molecule has 0 saturated heterocycles. The average Bonchev–Trinajstić information content (AvgIpc) is 3.00. The summed E-state index contributed by atoms with van der Waals surface area (Å²) in [7, 11) is 0. The van der Waals surface area contributed by atoms with Gasteiger partial charge in [-0.3, -0.25) is 4.99 Å². The molecule has 0 amide bonds. The van der Waals surface area contributed by atoms with Crippen LogP contribution in [0.3, 0.4) is 0 Å². The first-order chi connectivity index (χ1) is 9.66. The highest BCUT2D eigenvalue weighted by molar-refractivity contribution is 6.32. The van der Waals surface area contributed by atoms with Crippen molar-refractivity contribution >= 4 is 17.4 Å². The van der Waals surface area contributed by atoms with Gasteiger partial charge in [-0.25, -0.2) is 0 Å². The quantitative estimate of drug-likeness (QED) is 0.893. The number of hydrogen-bond donors (Lipinski definition) is 1. The summed E-state index contributed by atoms with van der Waals surface area (Å²) in [4.78, 5) is 4.32. The van der Waals surface area contributed by atoms with Crippen LogP contribution in [0, 0.1) is 6.92 Å². The highest BCUT2D eigenvalue weighted by atomic mass is 35.5. The van der Waals surface area contributed by atoms with E-state index in [1.54, 1.807) is 0 Å². The Balaban J connectivity index is 0.000000829. The van der Waals surface area contributed by atoms with E-state index in [9.17, 15) is 0 Å². The largest absolute Gasteiger partial charge is 0.481 e. The highest BCUT2D eigenvalue weighted by Gasteiger charge is 2.16. The Hall–Kier alpha value is -1.22. The molecule has 0 aromatic heterocycles. The zero-order valence-electron chi connectivity index (χ0n) is 13.5. The van der Waals surface area contributed by atoms with Crippen molar-refractivity contribution in [3.63, 3.8) is 0 Å². The summed E-state index contributed by atoms with van der Waals surface area (Å²) in [5.74, 6) is 1.60. The number of aryl methyl sites for hydroxylation is 1. The highest BCUT2D eigenvalue weighted by Crippen LogP contribution is 2.26. The average molecular weight is 299 g/mol. The van der Waals surface area contributed by atoms with Gasteiger partial charge in [0.1, 0.15) is 11.6 Å². The van der Waals surface area contributed by atoms with Gasteiger partial charge in [-0.1, -0.05) is 45.4 Å². The van der Waals surface area contributed by atoms with Gasteiger partial charge < -0.3 is 10.1 Å². The van der Waals surface area contributed by atoms with E-state index in [1.807, 2.05) is 59.7 Å². The van der Waals surface area contributed by atoms with Gasteiger partial charge in [0.2, 0.25) is 0 Å². The number of halogens is 1. The Morgan fingerprint density at radius 2 is 1.90 bits per heavy atom. The molecule has 3 nitrogen and oxygen atoms in total. The van der Waals surface area contributed by atoms with Gasteiger partial charge in [0.25, 0.3) is 0 Å². The van der Waals surface area contributed by atoms with Crippen molar-refractivity contribution in [1.29, 1.82) is 0 Å². The molecule has 20 heavy (non-hydrogen) atoms. The van der Waals surface area contributed by atoms with E-state index in [2.05, 4.69) is 10.3 Å². The summed E-state index contributed by atoms with van der Waals surface area (Å²) in [5, 5.41) is 3.83. The van der Waals surface area contributed by atoms with E-state index in [1.165, 1.54) is 0 Å². The first-order valence-corrected chi connectivity index (χ1v) is 7.75. The lowest BCUT2D eigenvalue weighted by Gasteiger charge is -2.16. The smallest absolute Gasteiger partial charge is 0.153 e. The van der Waals surface area contributed by atoms with Crippen LogP contribution in [0.15, 0.2) is 23.2 Å². The number of hydrogen-bond acceptors (Lipinski definition) is 3. The molecule has 0 fully saturated rings. The second kappa shape index (κ2) is 10.6. The molecule has 0 saturated carbocycles. The second-order valence-corrected chi connectivity index (χ2v) is 4.29. The van der Waals surface area contributed by atoms with Gasteiger partial charge in [-0.05, 0) is 31.5 Å². The fourth-order valence-electron chi connectivity index (χ4n) is 1.64. The first kappa shape index (κ1) is 18.8. The molecule has 1 unspecified atom stereocenters. The summed E-state index contributed by atoms with van der Waals surface area (Å²) in [6.07, 6.45) is -0.0808. The second-order valence-electron chi connectivity index (χ2n) is 3.89. The van der Waals surface area contributed by atoms with Crippen LogP contribution in [0.1, 0.15) is 40.2 Å². The lowest BCUT2D eigenvalue weighted by Crippen LogP contribution is -2.33. The minimum Gasteiger partial charge on any atom is -0.481 e. The maximum atomic E-state index is 6.10. The van der Waals surface area contributed by atoms with Gasteiger partial charge in [0, 0.05) is 6.54 Å². The van der Waals surface area contributed by atoms with E-state index in [0.717, 1.165) is 24.5 Å². The molecule has 0 bridgehead atoms. The van der Waals surface area contributed by atoms with Crippen molar-refractivity contribution in [2.24, 2.45) is 4.99 Å². The van der Waals surface area contributed by atoms with Crippen LogP contribution in [0.25, 0.3) is 0 Å². The Labute approximate surface area is 128 Å². The van der Waals surface area contributed by atoms with E-state index >= 15 is 0 Å². The monoisotopic (exact) mass is 298 g/mol. The number of benzene rings is 1. The normalized spacial score (nSPS) is 13.8. The standard InChI is InChI=1S/C12H15ClN2O.2C2H6/c1-8-3-4-11(10(13)7-8)16-9(2)12-14-5-6-15-12;2*1-2/h3-4,7,9H,5-6H2,1-2H3,(H,14,15);2*1-2H3. The van der Waals surface area contributed by atoms with Crippen molar-refractivity contribution in [3.8, 4) is 5.75 Å². The van der Waals surface area contributed by atoms with Crippen molar-refractivity contribution < 1.29 is 4.74 Å². The van der Waals surface area contributed by atoms with E-state index in [-0.39, 0.29) is 6.10 Å². The Morgan fingerprint density at radius 3 is 2.40 bits per heavy atom. The molecule has 1 aromatic carbocycles. The van der Waals surface area contributed by atoms with Gasteiger partial charge in [-0.15, -0.1) is 0 Å². The molecular weight excluding hydrogens is 272 g/mol. The number of rotatable bonds is 3. The third-order valence-electron chi connectivity index (χ3n) is 2.48. The molecule has 2 rings (SSSR count). The molecule has 0 aliphatic carbocycles. The molecule has 1 aromatic rings. The molecule has 1 aliphatic rings. The Bertz CT molecular complexity index is 419. The van der Waals surface area contributed by atoms with E-state index in [4.69, 9.17) is 16.3 Å². The topological polar surface area (TPSA) is 33.6 Å². The molecule has 0 spiro atoms. The summed E-state index contributed by atoms with van der Waals surface area (Å²) in [6.45, 7) is 13.7. The van der Waals surface area contributed by atoms with Crippen LogP contribution >= 0.6 is 11.6 Å². The summed E-state index contributed by atoms with van der Waals surface area (Å²) in [5.41, 5.74) is 1.13. The lowest BCUT2D eigenvalue weighted by molar-refractivity contribution is 0.284. The van der Waals surface area contributed by atoms with Crippen LogP contribution in [0.4, 0.5) is 0 Å². The van der Waals surface area contributed by atoms with Crippen molar-refractivity contribution in [2.75, 3.05) is 13.1 Å². The van der Waals surface area contributed by atoms with Crippen LogP contribution in [-0.4, -0.2) is 25.0 Å². The molecule has 114 valence electrons. The Morgan fingerprint density at radius 1 is 1.25 bits per heavy atom. The van der Waals surface area contributed by atoms with Gasteiger partial charge >= 0.3 is 0 Å². The molecule has 4 heteroatoms. The molecular formula is C16H27ClN2O. The van der Waals surface area contributed by atoms with E-state index in [0.29, 0.717) is 10.8 Å². The van der Waals surface area contributed by atoms with Gasteiger partial charge in [0.15, 0.2) is 6.10 Å². The summed E-state index contributed by atoms with van der Waals surface area (Å²) in [6, 6.07) is 5.77. The predicted molar refractivity (Wildman–Crippen MR) is 89.3 cm³/mol. The van der Waals surface area contributed by atoms with Gasteiger partial charge in [-0.2, -0.15) is 0 Å². The van der Waals surface area contributed by atoms with Crippen molar-refractivity contribution in [2.45, 2.75) is 47.6 Å². The first-order valence-electron chi connectivity index (χ1n) is 7.38. The predicted octanol–water partition coefficient (Wildman–Crippen LogP) is 4.47. The molecule has 1 atom stereocenters. The minimum atomic E-state index is -0.0808. The number of nitrogens with one attached hydrogen (secondary N) is 1. The zero-order chi connectivity index (χ0) is 15.5. The molecule has 1 N–H and O–H groups in total. The lowest BCUT2D eigenvalue weighted by atomic mass is 10.2. The summed E-state index contributed by atoms with van der Waals surface area (Å²) >= 11 is 6.10. The van der Waals surface area contributed by atoms with Crippen molar-refractivity contribution in [1.82, 2.24) is 5.32 Å². The fraction of sp³-hybridized carbons (Fsp3) is 0.562. The Kier molecular flexibility index (Phi) is 9.91. The third-order valence-corrected chi connectivity index (χ3v) is 2.77. The molecule has 0 radical (unpaired) electrons. The third kappa shape index (κ3) is 5.83. The number of ether oxygens (including phenoxy) is 1. The van der Waals surface area contributed by atoms with Crippen molar-refractivity contribution in [3.05, 3.63) is 28.8 Å². The SMILES string of the molecule is CC.CC.Cc1ccc(OC(C)C2=NCCN2)c(Cl)c1. The van der Waals surface area contributed by atoms with Gasteiger partial charge in [0.05, 0.1) is 11.6 Å². The van der Waals surface area contributed by atoms with Crippen LogP contribution in [0.5, 0.6) is 5.75 Å². The molecule has 1 heterocycles. The maximum Gasteiger partial charge on any atom is 0.153 e. The van der Waals surface area contributed by atoms with Crippen LogP contribution in [-0.2, 0) is 0 Å². The van der Waals surface area contributed by atoms with E-state index < -0.39 is 0 Å². The summed E-state index contributed by atoms with van der Waals surface area (Å²) < 4.78 is 5.76.